The van der Waals surface area contributed by atoms with Gasteiger partial charge in [0.15, 0.2) is 0 Å². The van der Waals surface area contributed by atoms with E-state index in [0.29, 0.717) is 43.2 Å². The van der Waals surface area contributed by atoms with Gasteiger partial charge in [-0.25, -0.2) is 0 Å². The van der Waals surface area contributed by atoms with Crippen LogP contribution in [0.25, 0.3) is 0 Å². The van der Waals surface area contributed by atoms with Crippen LogP contribution < -0.4 is 5.32 Å². The lowest BCUT2D eigenvalue weighted by Crippen LogP contribution is -2.38. The molecule has 0 saturated carbocycles. The lowest BCUT2D eigenvalue weighted by Gasteiger charge is -2.32. The Labute approximate surface area is 338 Å². The van der Waals surface area contributed by atoms with Gasteiger partial charge in [0.05, 0.1) is 4.87 Å². The Morgan fingerprint density at radius 2 is 0.830 bits per heavy atom. The van der Waals surface area contributed by atoms with Crippen LogP contribution in [0.5, 0.6) is 0 Å². The van der Waals surface area contributed by atoms with Crippen molar-refractivity contribution in [1.29, 1.82) is 0 Å². The molecule has 314 valence electrons. The fraction of sp³-hybridized carbons (Fsp3) is 0.918. The third kappa shape index (κ3) is 37.9. The molecule has 1 N–H and O–H groups in total. The number of hydrogen-bond acceptors (Lipinski definition) is 4. The van der Waals surface area contributed by atoms with Crippen LogP contribution >= 0.6 is 11.8 Å². The Bertz CT molecular complexity index is 836. The number of carbonyl (C=O) groups excluding carboxylic acids is 2. The van der Waals surface area contributed by atoms with Crippen LogP contribution in [-0.2, 0) is 9.59 Å². The maximum absolute atomic E-state index is 13.2. The third-order valence-electron chi connectivity index (χ3n) is 11.1. The largest absolute Gasteiger partial charge is 0.375 e. The highest BCUT2D eigenvalue weighted by atomic mass is 32.2. The summed E-state index contributed by atoms with van der Waals surface area (Å²) in [6.07, 6.45) is 43.4. The average Bonchev–Trinajstić information content (AvgIpc) is 3.12. The molecule has 0 aromatic carbocycles. The highest BCUT2D eigenvalue weighted by Gasteiger charge is 2.25. The smallest absolute Gasteiger partial charge is 0.133 e. The van der Waals surface area contributed by atoms with E-state index in [0.717, 1.165) is 37.1 Å². The summed E-state index contributed by atoms with van der Waals surface area (Å²) in [5.41, 5.74) is 0.941. The summed E-state index contributed by atoms with van der Waals surface area (Å²) >= 11 is 1.91. The summed E-state index contributed by atoms with van der Waals surface area (Å²) in [6, 6.07) is 0. The van der Waals surface area contributed by atoms with Gasteiger partial charge in [0, 0.05) is 37.3 Å². The Morgan fingerprint density at radius 1 is 0.509 bits per heavy atom. The minimum atomic E-state index is -0.144. The van der Waals surface area contributed by atoms with Crippen molar-refractivity contribution >= 4 is 23.3 Å². The summed E-state index contributed by atoms with van der Waals surface area (Å²) in [7, 11) is 0. The molecule has 0 amide bonds. The number of unbranched alkanes of at least 4 members (excludes halogenated alkanes) is 28. The molecule has 0 spiro atoms. The molecule has 0 fully saturated rings. The first-order chi connectivity index (χ1) is 25.6. The molecule has 4 heteroatoms. The molecule has 0 bridgehead atoms. The summed E-state index contributed by atoms with van der Waals surface area (Å²) in [4.78, 5) is 26.0. The zero-order chi connectivity index (χ0) is 39.3. The van der Waals surface area contributed by atoms with E-state index in [1.165, 1.54) is 173 Å². The van der Waals surface area contributed by atoms with Crippen LogP contribution in [0.3, 0.4) is 0 Å². The lowest BCUT2D eigenvalue weighted by atomic mass is 9.90. The van der Waals surface area contributed by atoms with Gasteiger partial charge >= 0.3 is 0 Å². The van der Waals surface area contributed by atoms with E-state index >= 15 is 0 Å². The van der Waals surface area contributed by atoms with Crippen molar-refractivity contribution in [1.82, 2.24) is 5.32 Å². The minimum absolute atomic E-state index is 0.0303. The van der Waals surface area contributed by atoms with Crippen LogP contribution in [0.15, 0.2) is 12.3 Å². The van der Waals surface area contributed by atoms with E-state index in [2.05, 4.69) is 53.4 Å². The van der Waals surface area contributed by atoms with E-state index in [4.69, 9.17) is 0 Å². The second-order valence-corrected chi connectivity index (χ2v) is 19.4. The van der Waals surface area contributed by atoms with Gasteiger partial charge in [0.2, 0.25) is 0 Å². The maximum Gasteiger partial charge on any atom is 0.133 e. The quantitative estimate of drug-likeness (QED) is 0.0496. The molecular weight excluding hydrogens is 667 g/mol. The molecule has 0 saturated heterocycles. The van der Waals surface area contributed by atoms with Crippen molar-refractivity contribution in [3.8, 4) is 0 Å². The number of carbonyl (C=O) groups is 2. The second kappa shape index (κ2) is 38.1. The lowest BCUT2D eigenvalue weighted by molar-refractivity contribution is -0.121. The third-order valence-corrected chi connectivity index (χ3v) is 12.8. The van der Waals surface area contributed by atoms with E-state index in [9.17, 15) is 9.59 Å². The van der Waals surface area contributed by atoms with Gasteiger partial charge in [-0.3, -0.25) is 9.59 Å². The summed E-state index contributed by atoms with van der Waals surface area (Å²) in [5.74, 6) is 2.44. The molecule has 3 nitrogen and oxygen atoms in total. The second-order valence-electron chi connectivity index (χ2n) is 17.8. The Hall–Kier alpha value is -0.770. The highest BCUT2D eigenvalue weighted by Crippen LogP contribution is 2.29. The normalized spacial score (nSPS) is 12.4. The first kappa shape index (κ1) is 52.2. The molecule has 0 aliphatic rings. The molecule has 0 aromatic rings. The zero-order valence-corrected chi connectivity index (χ0v) is 37.9. The fourth-order valence-corrected chi connectivity index (χ4v) is 8.48. The van der Waals surface area contributed by atoms with E-state index in [1.807, 2.05) is 11.8 Å². The van der Waals surface area contributed by atoms with Crippen LogP contribution in [0.4, 0.5) is 0 Å². The number of nitrogens with one attached hydrogen (secondary N) is 1. The van der Waals surface area contributed by atoms with Crippen molar-refractivity contribution in [2.75, 3.05) is 5.75 Å². The molecule has 0 rings (SSSR count). The van der Waals surface area contributed by atoms with Crippen LogP contribution in [-0.4, -0.2) is 22.2 Å². The number of allylic oxidation sites excluding steroid dienone is 1. The number of hydrogen-bond donors (Lipinski definition) is 1. The number of rotatable bonds is 43. The summed E-state index contributed by atoms with van der Waals surface area (Å²) in [6.45, 7) is 17.9. The SMILES string of the molecule is C=C(NC(C)(C)SCC(C)C)C(CCC(=O)CCCCCCCCCCCCCCCCC)CC(=O)CCCCCCCCCCCCCCCCC. The summed E-state index contributed by atoms with van der Waals surface area (Å²) in [5, 5.41) is 3.67. The van der Waals surface area contributed by atoms with Crippen LogP contribution in [0.1, 0.15) is 266 Å². The maximum atomic E-state index is 13.2. The van der Waals surface area contributed by atoms with Gasteiger partial charge in [0.25, 0.3) is 0 Å². The van der Waals surface area contributed by atoms with Crippen LogP contribution in [0, 0.1) is 11.8 Å². The first-order valence-corrected chi connectivity index (χ1v) is 24.7. The van der Waals surface area contributed by atoms with Gasteiger partial charge in [-0.2, -0.15) is 0 Å². The first-order valence-electron chi connectivity index (χ1n) is 23.8. The van der Waals surface area contributed by atoms with Crippen molar-refractivity contribution < 1.29 is 9.59 Å². The van der Waals surface area contributed by atoms with Crippen molar-refractivity contribution in [2.24, 2.45) is 11.8 Å². The van der Waals surface area contributed by atoms with E-state index in [-0.39, 0.29) is 10.8 Å². The van der Waals surface area contributed by atoms with Gasteiger partial charge in [-0.15, -0.1) is 11.8 Å². The number of thioether (sulfide) groups is 1. The Kier molecular flexibility index (Phi) is 37.6. The molecular formula is C49H95NO2S. The molecule has 1 atom stereocenters. The molecule has 0 aliphatic heterocycles. The summed E-state index contributed by atoms with van der Waals surface area (Å²) < 4.78 is 0. The van der Waals surface area contributed by atoms with Gasteiger partial charge in [-0.1, -0.05) is 214 Å². The van der Waals surface area contributed by atoms with E-state index < -0.39 is 0 Å². The number of ketones is 2. The average molecular weight is 762 g/mol. The van der Waals surface area contributed by atoms with Crippen molar-refractivity contribution in [2.45, 2.75) is 271 Å². The van der Waals surface area contributed by atoms with Gasteiger partial charge in [-0.05, 0) is 44.8 Å². The minimum Gasteiger partial charge on any atom is -0.375 e. The van der Waals surface area contributed by atoms with Crippen molar-refractivity contribution in [3.63, 3.8) is 0 Å². The predicted octanol–water partition coefficient (Wildman–Crippen LogP) is 16.7. The highest BCUT2D eigenvalue weighted by molar-refractivity contribution is 8.00. The van der Waals surface area contributed by atoms with E-state index in [1.54, 1.807) is 0 Å². The monoisotopic (exact) mass is 762 g/mol. The molecule has 53 heavy (non-hydrogen) atoms. The van der Waals surface area contributed by atoms with Crippen LogP contribution in [0.2, 0.25) is 0 Å². The van der Waals surface area contributed by atoms with Gasteiger partial charge < -0.3 is 5.32 Å². The predicted molar refractivity (Wildman–Crippen MR) is 240 cm³/mol. The standard InChI is InChI=1S/C49H95NO2S/c1-8-10-12-14-16-18-20-22-24-26-28-30-32-34-36-38-47(51)41-40-46(45(5)50-49(6,7)53-43-44(3)4)42-48(52)39-37-35-33-31-29-27-25-23-21-19-17-15-13-11-9-2/h44,46,50H,5,8-43H2,1-4,6-7H3. The van der Waals surface area contributed by atoms with Crippen molar-refractivity contribution in [3.05, 3.63) is 12.3 Å². The zero-order valence-electron chi connectivity index (χ0n) is 37.0. The van der Waals surface area contributed by atoms with Gasteiger partial charge in [0.1, 0.15) is 11.6 Å². The fourth-order valence-electron chi connectivity index (χ4n) is 7.52. The Balaban J connectivity index is 4.31. The molecule has 1 unspecified atom stereocenters. The molecule has 0 heterocycles. The molecule has 0 aromatic heterocycles. The molecule has 0 aliphatic carbocycles. The topological polar surface area (TPSA) is 46.2 Å². The Morgan fingerprint density at radius 3 is 1.17 bits per heavy atom. The molecule has 0 radical (unpaired) electrons. The number of Topliss-reactive ketones (excluding diaryl/α,β-unsaturated/α-hetero) is 2.